The quantitative estimate of drug-likeness (QED) is 0.335. The number of carbonyl (C=O) groups excluding carboxylic acids is 1. The molecule has 0 bridgehead atoms. The fraction of sp³-hybridized carbons (Fsp3) is 0. The Hall–Kier alpha value is -1.39. The van der Waals surface area contributed by atoms with E-state index in [2.05, 4.69) is 11.4 Å². The highest BCUT2D eigenvalue weighted by atomic mass is 35.5. The second kappa shape index (κ2) is 6.80. The van der Waals surface area contributed by atoms with E-state index < -0.39 is 0 Å². The molecule has 5 heteroatoms. The number of fused-ring (bicyclic) bond motifs is 2. The number of hydrogen-bond acceptors (Lipinski definition) is 3. The van der Waals surface area contributed by atoms with Crippen LogP contribution in [0.1, 0.15) is 9.67 Å². The highest BCUT2D eigenvalue weighted by Gasteiger charge is 2.00. The molecule has 110 valence electrons. The van der Waals surface area contributed by atoms with Crippen LogP contribution < -0.4 is 0 Å². The summed E-state index contributed by atoms with van der Waals surface area (Å²) >= 11 is 14.7. The van der Waals surface area contributed by atoms with E-state index in [-0.39, 0.29) is 0 Å². The van der Waals surface area contributed by atoms with Gasteiger partial charge in [0.2, 0.25) is 0 Å². The van der Waals surface area contributed by atoms with Crippen LogP contribution in [-0.2, 0) is 0 Å². The van der Waals surface area contributed by atoms with E-state index >= 15 is 0 Å². The van der Waals surface area contributed by atoms with E-state index in [0.717, 1.165) is 26.3 Å². The van der Waals surface area contributed by atoms with E-state index in [0.29, 0.717) is 5.02 Å². The average molecular weight is 365 g/mol. The predicted octanol–water partition coefficient (Wildman–Crippen LogP) is 6.92. The summed E-state index contributed by atoms with van der Waals surface area (Å²) < 4.78 is 2.32. The van der Waals surface area contributed by atoms with Gasteiger partial charge in [-0.3, -0.25) is 4.79 Å². The van der Waals surface area contributed by atoms with Crippen molar-refractivity contribution in [3.05, 3.63) is 68.8 Å². The van der Waals surface area contributed by atoms with Crippen LogP contribution >= 0.6 is 45.9 Å². The number of rotatable bonds is 1. The number of benzene rings is 2. The van der Waals surface area contributed by atoms with Crippen LogP contribution in [0.3, 0.4) is 0 Å². The predicted molar refractivity (Wildman–Crippen MR) is 99.1 cm³/mol. The molecule has 0 spiro atoms. The van der Waals surface area contributed by atoms with Crippen molar-refractivity contribution in [2.75, 3.05) is 0 Å². The van der Waals surface area contributed by atoms with Gasteiger partial charge in [-0.1, -0.05) is 35.3 Å². The van der Waals surface area contributed by atoms with Gasteiger partial charge in [0.15, 0.2) is 6.29 Å². The lowest BCUT2D eigenvalue weighted by Crippen LogP contribution is -1.63. The van der Waals surface area contributed by atoms with Crippen LogP contribution in [0.15, 0.2) is 53.9 Å². The fourth-order valence-corrected chi connectivity index (χ4v) is 4.23. The van der Waals surface area contributed by atoms with E-state index in [9.17, 15) is 4.79 Å². The smallest absolute Gasteiger partial charge is 0.160 e. The summed E-state index contributed by atoms with van der Waals surface area (Å²) in [5.74, 6) is 0. The van der Waals surface area contributed by atoms with Crippen LogP contribution in [0.5, 0.6) is 0 Å². The molecule has 0 saturated heterocycles. The van der Waals surface area contributed by atoms with Crippen LogP contribution in [0.2, 0.25) is 10.0 Å². The Balaban J connectivity index is 0.000000133. The minimum Gasteiger partial charge on any atom is -0.297 e. The van der Waals surface area contributed by atoms with Gasteiger partial charge in [0.1, 0.15) is 0 Å². The molecule has 2 heterocycles. The number of hydrogen-bond donors (Lipinski definition) is 0. The van der Waals surface area contributed by atoms with Crippen LogP contribution in [0.4, 0.5) is 0 Å². The van der Waals surface area contributed by atoms with Crippen molar-refractivity contribution in [2.45, 2.75) is 0 Å². The third-order valence-electron chi connectivity index (χ3n) is 3.04. The van der Waals surface area contributed by atoms with Crippen molar-refractivity contribution in [3.63, 3.8) is 0 Å². The average Bonchev–Trinajstić information content (AvgIpc) is 3.12. The first kappa shape index (κ1) is 15.5. The second-order valence-electron chi connectivity index (χ2n) is 4.55. The molecule has 2 aromatic heterocycles. The molecular formula is C17H10Cl2OS2. The molecule has 1 nitrogen and oxygen atoms in total. The highest BCUT2D eigenvalue weighted by molar-refractivity contribution is 7.20. The fourth-order valence-electron chi connectivity index (χ4n) is 2.01. The second-order valence-corrected chi connectivity index (χ2v) is 7.49. The molecule has 0 aliphatic rings. The number of carbonyl (C=O) groups is 1. The summed E-state index contributed by atoms with van der Waals surface area (Å²) in [6.45, 7) is 0. The molecule has 0 N–H and O–H groups in total. The zero-order valence-corrected chi connectivity index (χ0v) is 14.4. The third-order valence-corrected chi connectivity index (χ3v) is 5.41. The molecule has 0 atom stereocenters. The summed E-state index contributed by atoms with van der Waals surface area (Å²) in [6.07, 6.45) is 0.860. The number of aldehydes is 1. The van der Waals surface area contributed by atoms with Crippen molar-refractivity contribution in [2.24, 2.45) is 0 Å². The van der Waals surface area contributed by atoms with Gasteiger partial charge in [0, 0.05) is 19.4 Å². The molecule has 0 amide bonds. The van der Waals surface area contributed by atoms with Crippen LogP contribution in [0.25, 0.3) is 20.2 Å². The Morgan fingerprint density at radius 1 is 0.818 bits per heavy atom. The lowest BCUT2D eigenvalue weighted by Gasteiger charge is -1.88. The molecule has 0 unspecified atom stereocenters. The summed E-state index contributed by atoms with van der Waals surface area (Å²) in [7, 11) is 0. The van der Waals surface area contributed by atoms with Crippen molar-refractivity contribution >= 4 is 72.3 Å². The Kier molecular flexibility index (Phi) is 4.79. The normalized spacial score (nSPS) is 10.5. The Morgan fingerprint density at radius 2 is 1.50 bits per heavy atom. The molecule has 4 rings (SSSR count). The molecule has 4 aromatic rings. The first-order valence-electron chi connectivity index (χ1n) is 6.43. The van der Waals surface area contributed by atoms with E-state index in [4.69, 9.17) is 23.2 Å². The van der Waals surface area contributed by atoms with Crippen molar-refractivity contribution in [1.82, 2.24) is 0 Å². The maximum Gasteiger partial charge on any atom is 0.160 e. The standard InChI is InChI=1S/C9H5ClOS.C8H5ClS/c10-7-2-1-6-3-8(5-11)12-9(6)4-7;9-7-2-1-6-3-4-10-8(6)5-7/h1-5H;1-5H. The number of halogens is 2. The van der Waals surface area contributed by atoms with Gasteiger partial charge in [-0.2, -0.15) is 0 Å². The van der Waals surface area contributed by atoms with Gasteiger partial charge in [-0.25, -0.2) is 0 Å². The third kappa shape index (κ3) is 3.50. The largest absolute Gasteiger partial charge is 0.297 e. The molecular weight excluding hydrogens is 355 g/mol. The molecule has 0 fully saturated rings. The number of thiophene rings is 2. The Labute approximate surface area is 145 Å². The highest BCUT2D eigenvalue weighted by Crippen LogP contribution is 2.27. The van der Waals surface area contributed by atoms with E-state index in [1.807, 2.05) is 42.5 Å². The Morgan fingerprint density at radius 3 is 2.23 bits per heavy atom. The first-order chi connectivity index (χ1) is 10.7. The summed E-state index contributed by atoms with van der Waals surface area (Å²) in [5, 5.41) is 5.94. The molecule has 0 aliphatic heterocycles. The Bertz CT molecular complexity index is 940. The topological polar surface area (TPSA) is 17.1 Å². The van der Waals surface area contributed by atoms with E-state index in [1.165, 1.54) is 21.4 Å². The monoisotopic (exact) mass is 364 g/mol. The molecule has 0 radical (unpaired) electrons. The van der Waals surface area contributed by atoms with Crippen molar-refractivity contribution in [1.29, 1.82) is 0 Å². The molecule has 2 aromatic carbocycles. The van der Waals surface area contributed by atoms with Gasteiger partial charge in [0.05, 0.1) is 4.88 Å². The maximum atomic E-state index is 10.4. The first-order valence-corrected chi connectivity index (χ1v) is 8.88. The summed E-state index contributed by atoms with van der Waals surface area (Å²) in [5.41, 5.74) is 0. The zero-order chi connectivity index (χ0) is 15.5. The van der Waals surface area contributed by atoms with Gasteiger partial charge in [0.25, 0.3) is 0 Å². The van der Waals surface area contributed by atoms with Crippen LogP contribution in [-0.4, -0.2) is 6.29 Å². The lowest BCUT2D eigenvalue weighted by molar-refractivity contribution is 0.112. The van der Waals surface area contributed by atoms with Crippen LogP contribution in [0, 0.1) is 0 Å². The maximum absolute atomic E-state index is 10.4. The van der Waals surface area contributed by atoms with Gasteiger partial charge in [-0.05, 0) is 52.6 Å². The lowest BCUT2D eigenvalue weighted by atomic mass is 10.2. The summed E-state index contributed by atoms with van der Waals surface area (Å²) in [4.78, 5) is 11.2. The molecule has 0 saturated carbocycles. The van der Waals surface area contributed by atoms with Crippen molar-refractivity contribution < 1.29 is 4.79 Å². The van der Waals surface area contributed by atoms with Gasteiger partial charge < -0.3 is 0 Å². The zero-order valence-electron chi connectivity index (χ0n) is 11.3. The van der Waals surface area contributed by atoms with Gasteiger partial charge in [-0.15, -0.1) is 22.7 Å². The summed E-state index contributed by atoms with van der Waals surface area (Å²) in [6, 6.07) is 15.5. The molecule has 22 heavy (non-hydrogen) atoms. The van der Waals surface area contributed by atoms with E-state index in [1.54, 1.807) is 11.3 Å². The van der Waals surface area contributed by atoms with Gasteiger partial charge >= 0.3 is 0 Å². The minimum absolute atomic E-state index is 0.710. The molecule has 0 aliphatic carbocycles. The van der Waals surface area contributed by atoms with Crippen molar-refractivity contribution in [3.8, 4) is 0 Å². The SMILES string of the molecule is Clc1ccc2ccsc2c1.O=Cc1cc2ccc(Cl)cc2s1. The minimum atomic E-state index is 0.710.